The summed E-state index contributed by atoms with van der Waals surface area (Å²) in [4.78, 5) is 32.4. The zero-order valence-corrected chi connectivity index (χ0v) is 18.0. The summed E-state index contributed by atoms with van der Waals surface area (Å²) in [5.74, 6) is -1.03. The molecule has 9 nitrogen and oxygen atoms in total. The second kappa shape index (κ2) is 16.9. The van der Waals surface area contributed by atoms with E-state index in [-0.39, 0.29) is 26.2 Å². The minimum Gasteiger partial charge on any atom is -0.462 e. The van der Waals surface area contributed by atoms with Gasteiger partial charge in [0.05, 0.1) is 13.2 Å². The largest absolute Gasteiger partial charge is 0.472 e. The Morgan fingerprint density at radius 3 is 2.18 bits per heavy atom. The van der Waals surface area contributed by atoms with Gasteiger partial charge >= 0.3 is 19.8 Å². The summed E-state index contributed by atoms with van der Waals surface area (Å²) in [7, 11) is -4.31. The van der Waals surface area contributed by atoms with Gasteiger partial charge < -0.3 is 20.1 Å². The molecule has 0 amide bonds. The van der Waals surface area contributed by atoms with Crippen molar-refractivity contribution in [2.24, 2.45) is 5.73 Å². The Balaban J connectivity index is 4.18. The molecule has 0 bridgehead atoms. The third-order valence-corrected chi connectivity index (χ3v) is 4.79. The topological polar surface area (TPSA) is 134 Å². The van der Waals surface area contributed by atoms with Crippen LogP contribution in [-0.2, 0) is 32.7 Å². The van der Waals surface area contributed by atoms with Crippen LogP contribution in [0.25, 0.3) is 0 Å². The third kappa shape index (κ3) is 17.1. The minimum absolute atomic E-state index is 0.0539. The Morgan fingerprint density at radius 2 is 1.61 bits per heavy atom. The Bertz CT molecular complexity index is 475. The van der Waals surface area contributed by atoms with Gasteiger partial charge in [0.2, 0.25) is 0 Å². The number of phosphoric acid groups is 1. The maximum absolute atomic E-state index is 12.0. The lowest BCUT2D eigenvalue weighted by molar-refractivity contribution is -0.160. The molecule has 3 N–H and O–H groups in total. The first-order valence-corrected chi connectivity index (χ1v) is 11.4. The summed E-state index contributed by atoms with van der Waals surface area (Å²) in [6, 6.07) is 0. The van der Waals surface area contributed by atoms with Crippen molar-refractivity contribution >= 4 is 19.8 Å². The van der Waals surface area contributed by atoms with Crippen molar-refractivity contribution in [1.29, 1.82) is 0 Å². The van der Waals surface area contributed by atoms with Gasteiger partial charge in [0.1, 0.15) is 6.61 Å². The van der Waals surface area contributed by atoms with Crippen LogP contribution in [0.1, 0.15) is 71.6 Å². The fourth-order valence-electron chi connectivity index (χ4n) is 2.36. The van der Waals surface area contributed by atoms with Crippen LogP contribution in [0.3, 0.4) is 0 Å². The second-order valence-electron chi connectivity index (χ2n) is 6.53. The fraction of sp³-hybridized carbons (Fsp3) is 0.889. The number of carbonyl (C=O) groups excluding carboxylic acids is 2. The lowest BCUT2D eigenvalue weighted by Crippen LogP contribution is -2.29. The number of rotatable bonds is 18. The van der Waals surface area contributed by atoms with Crippen molar-refractivity contribution in [1.82, 2.24) is 0 Å². The Labute approximate surface area is 167 Å². The molecule has 0 aliphatic heterocycles. The summed E-state index contributed by atoms with van der Waals surface area (Å²) < 4.78 is 31.0. The van der Waals surface area contributed by atoms with Gasteiger partial charge in [-0.25, -0.2) is 4.57 Å². The number of carbonyl (C=O) groups is 2. The average Bonchev–Trinajstić information content (AvgIpc) is 2.64. The van der Waals surface area contributed by atoms with Crippen LogP contribution < -0.4 is 5.73 Å². The van der Waals surface area contributed by atoms with Gasteiger partial charge in [0.15, 0.2) is 6.10 Å². The number of unbranched alkanes of at least 4 members (excludes halogenated alkanes) is 7. The van der Waals surface area contributed by atoms with Gasteiger partial charge in [-0.05, 0) is 6.42 Å². The molecule has 0 spiro atoms. The molecule has 0 heterocycles. The highest BCUT2D eigenvalue weighted by atomic mass is 31.2. The van der Waals surface area contributed by atoms with Crippen LogP contribution in [0, 0.1) is 0 Å². The van der Waals surface area contributed by atoms with Crippen LogP contribution in [0.4, 0.5) is 0 Å². The molecule has 28 heavy (non-hydrogen) atoms. The average molecular weight is 425 g/mol. The molecule has 0 radical (unpaired) electrons. The van der Waals surface area contributed by atoms with E-state index in [4.69, 9.17) is 19.7 Å². The number of phosphoric ester groups is 1. The summed E-state index contributed by atoms with van der Waals surface area (Å²) in [5, 5.41) is 0. The first-order valence-electron chi connectivity index (χ1n) is 9.95. The number of esters is 2. The Morgan fingerprint density at radius 1 is 1.00 bits per heavy atom. The Kier molecular flexibility index (Phi) is 16.3. The summed E-state index contributed by atoms with van der Waals surface area (Å²) in [6.45, 7) is 2.59. The van der Waals surface area contributed by atoms with Crippen molar-refractivity contribution in [3.8, 4) is 0 Å². The molecule has 0 fully saturated rings. The van der Waals surface area contributed by atoms with Crippen molar-refractivity contribution in [2.45, 2.75) is 77.7 Å². The van der Waals surface area contributed by atoms with E-state index in [1.54, 1.807) is 0 Å². The summed E-state index contributed by atoms with van der Waals surface area (Å²) in [6.07, 6.45) is 8.05. The first kappa shape index (κ1) is 27.0. The van der Waals surface area contributed by atoms with Gasteiger partial charge in [0, 0.05) is 19.9 Å². The Hall–Kier alpha value is -0.990. The molecular formula is C18H36NO8P. The molecular weight excluding hydrogens is 389 g/mol. The zero-order chi connectivity index (χ0) is 21.3. The van der Waals surface area contributed by atoms with Crippen molar-refractivity contribution < 1.29 is 37.6 Å². The highest BCUT2D eigenvalue weighted by Crippen LogP contribution is 2.43. The molecule has 0 aromatic carbocycles. The summed E-state index contributed by atoms with van der Waals surface area (Å²) >= 11 is 0. The molecule has 166 valence electrons. The fourth-order valence-corrected chi connectivity index (χ4v) is 3.12. The van der Waals surface area contributed by atoms with Crippen LogP contribution in [0.2, 0.25) is 0 Å². The minimum atomic E-state index is -4.31. The quantitative estimate of drug-likeness (QED) is 0.193. The number of hydrogen-bond acceptors (Lipinski definition) is 8. The van der Waals surface area contributed by atoms with Gasteiger partial charge in [-0.1, -0.05) is 51.9 Å². The molecule has 0 saturated carbocycles. The molecule has 2 atom stereocenters. The highest BCUT2D eigenvalue weighted by Gasteiger charge is 2.25. The normalized spacial score (nSPS) is 14.3. The number of hydrogen-bond donors (Lipinski definition) is 2. The molecule has 0 aliphatic rings. The van der Waals surface area contributed by atoms with Crippen molar-refractivity contribution in [3.63, 3.8) is 0 Å². The molecule has 0 saturated heterocycles. The van der Waals surface area contributed by atoms with Crippen LogP contribution in [0.15, 0.2) is 0 Å². The highest BCUT2D eigenvalue weighted by molar-refractivity contribution is 7.47. The van der Waals surface area contributed by atoms with Gasteiger partial charge in [-0.3, -0.25) is 18.6 Å². The van der Waals surface area contributed by atoms with Crippen molar-refractivity contribution in [2.75, 3.05) is 26.4 Å². The second-order valence-corrected chi connectivity index (χ2v) is 7.98. The molecule has 0 aliphatic carbocycles. The van der Waals surface area contributed by atoms with Gasteiger partial charge in [0.25, 0.3) is 0 Å². The van der Waals surface area contributed by atoms with E-state index >= 15 is 0 Å². The summed E-state index contributed by atoms with van der Waals surface area (Å²) in [5.41, 5.74) is 5.20. The third-order valence-electron chi connectivity index (χ3n) is 3.80. The number of ether oxygens (including phenoxy) is 2. The molecule has 1 unspecified atom stereocenters. The molecule has 0 aromatic rings. The molecule has 10 heteroatoms. The van der Waals surface area contributed by atoms with E-state index < -0.39 is 32.5 Å². The van der Waals surface area contributed by atoms with Gasteiger partial charge in [-0.15, -0.1) is 0 Å². The predicted octanol–water partition coefficient (Wildman–Crippen LogP) is 3.08. The first-order chi connectivity index (χ1) is 13.3. The maximum Gasteiger partial charge on any atom is 0.472 e. The van der Waals surface area contributed by atoms with Crippen molar-refractivity contribution in [3.05, 3.63) is 0 Å². The lowest BCUT2D eigenvalue weighted by atomic mass is 10.1. The van der Waals surface area contributed by atoms with E-state index in [1.807, 2.05) is 0 Å². The van der Waals surface area contributed by atoms with Crippen LogP contribution >= 0.6 is 7.82 Å². The molecule has 0 aromatic heterocycles. The molecule has 0 rings (SSSR count). The maximum atomic E-state index is 12.0. The van der Waals surface area contributed by atoms with Crippen LogP contribution in [0.5, 0.6) is 0 Å². The van der Waals surface area contributed by atoms with E-state index in [1.165, 1.54) is 32.6 Å². The lowest BCUT2D eigenvalue weighted by Gasteiger charge is -2.19. The smallest absolute Gasteiger partial charge is 0.462 e. The number of nitrogens with two attached hydrogens (primary N) is 1. The monoisotopic (exact) mass is 425 g/mol. The van der Waals surface area contributed by atoms with Gasteiger partial charge in [-0.2, -0.15) is 0 Å². The predicted molar refractivity (Wildman–Crippen MR) is 105 cm³/mol. The van der Waals surface area contributed by atoms with E-state index in [0.29, 0.717) is 6.42 Å². The zero-order valence-electron chi connectivity index (χ0n) is 17.1. The van der Waals surface area contributed by atoms with E-state index in [2.05, 4.69) is 11.4 Å². The van der Waals surface area contributed by atoms with E-state index in [0.717, 1.165) is 19.3 Å². The standard InChI is InChI=1S/C18H36NO8P/c1-3-4-5-6-7-8-9-10-11-18(21)27-17(14-24-16(2)20)15-26-28(22,23)25-13-12-19/h17H,3-15,19H2,1-2H3,(H,22,23)/t17-/m0/s1. The van der Waals surface area contributed by atoms with Crippen LogP contribution in [-0.4, -0.2) is 49.3 Å². The van der Waals surface area contributed by atoms with E-state index in [9.17, 15) is 19.0 Å². The SMILES string of the molecule is CCCCCCCCCCC(=O)O[C@@H](COC(C)=O)COP(=O)(O)OCCN.